The third-order valence-corrected chi connectivity index (χ3v) is 6.19. The largest absolute Gasteiger partial charge is 0.416 e. The highest BCUT2D eigenvalue weighted by atomic mass is 32.2. The van der Waals surface area contributed by atoms with Gasteiger partial charge in [-0.2, -0.15) is 17.5 Å². The second-order valence-corrected chi connectivity index (χ2v) is 7.70. The average Bonchev–Trinajstić information content (AvgIpc) is 3.08. The summed E-state index contributed by atoms with van der Waals surface area (Å²) in [5.41, 5.74) is -0.876. The summed E-state index contributed by atoms with van der Waals surface area (Å²) in [5.74, 6) is 0. The number of hydrogen-bond acceptors (Lipinski definition) is 4. The number of piperidine rings is 1. The standard InChI is InChI=1S/C15H18F3NO4S/c16-15(17,18)11-4-6-12(7-5-11)24(20,21)19-8-2-1-3-13(19)14-22-9-10-23-14/h4-7,13-14H,1-3,8-10H2/t13-/m0/s1. The smallest absolute Gasteiger partial charge is 0.349 e. The van der Waals surface area contributed by atoms with Crippen LogP contribution in [0.3, 0.4) is 0 Å². The molecule has 0 bridgehead atoms. The molecule has 0 unspecified atom stereocenters. The van der Waals surface area contributed by atoms with Crippen molar-refractivity contribution in [3.05, 3.63) is 29.8 Å². The maximum atomic E-state index is 12.8. The lowest BCUT2D eigenvalue weighted by Crippen LogP contribution is -2.50. The van der Waals surface area contributed by atoms with E-state index in [0.717, 1.165) is 30.7 Å². The van der Waals surface area contributed by atoms with Gasteiger partial charge >= 0.3 is 6.18 Å². The summed E-state index contributed by atoms with van der Waals surface area (Å²) in [6.45, 7) is 1.13. The first-order valence-corrected chi connectivity index (χ1v) is 9.16. The zero-order chi connectivity index (χ0) is 17.4. The number of nitrogens with zero attached hydrogens (tertiary/aromatic N) is 1. The highest BCUT2D eigenvalue weighted by molar-refractivity contribution is 7.89. The van der Waals surface area contributed by atoms with Crippen LogP contribution in [0.2, 0.25) is 0 Å². The van der Waals surface area contributed by atoms with Crippen LogP contribution in [-0.2, 0) is 25.7 Å². The molecule has 1 aromatic carbocycles. The molecule has 2 fully saturated rings. The van der Waals surface area contributed by atoms with Gasteiger partial charge in [0.25, 0.3) is 0 Å². The minimum atomic E-state index is -4.50. The minimum Gasteiger partial charge on any atom is -0.349 e. The van der Waals surface area contributed by atoms with Gasteiger partial charge in [0.1, 0.15) is 0 Å². The van der Waals surface area contributed by atoms with Gasteiger partial charge in [-0.3, -0.25) is 0 Å². The average molecular weight is 365 g/mol. The van der Waals surface area contributed by atoms with E-state index in [1.165, 1.54) is 4.31 Å². The van der Waals surface area contributed by atoms with Crippen molar-refractivity contribution in [2.45, 2.75) is 42.7 Å². The molecule has 2 aliphatic rings. The van der Waals surface area contributed by atoms with Gasteiger partial charge in [0.05, 0.1) is 29.7 Å². The number of hydrogen-bond donors (Lipinski definition) is 0. The number of alkyl halides is 3. The minimum absolute atomic E-state index is 0.152. The van der Waals surface area contributed by atoms with Crippen molar-refractivity contribution in [2.24, 2.45) is 0 Å². The normalized spacial score (nSPS) is 24.4. The van der Waals surface area contributed by atoms with E-state index in [9.17, 15) is 21.6 Å². The van der Waals surface area contributed by atoms with Gasteiger partial charge in [-0.25, -0.2) is 8.42 Å². The molecule has 24 heavy (non-hydrogen) atoms. The Labute approximate surface area is 138 Å². The van der Waals surface area contributed by atoms with E-state index in [4.69, 9.17) is 9.47 Å². The molecule has 9 heteroatoms. The summed E-state index contributed by atoms with van der Waals surface area (Å²) in [7, 11) is -3.90. The van der Waals surface area contributed by atoms with E-state index < -0.39 is 34.1 Å². The monoisotopic (exact) mass is 365 g/mol. The van der Waals surface area contributed by atoms with Gasteiger partial charge < -0.3 is 9.47 Å². The van der Waals surface area contributed by atoms with Gasteiger partial charge in [-0.05, 0) is 37.1 Å². The van der Waals surface area contributed by atoms with Crippen LogP contribution < -0.4 is 0 Å². The molecule has 2 saturated heterocycles. The summed E-state index contributed by atoms with van der Waals surface area (Å²) >= 11 is 0. The number of ether oxygens (including phenoxy) is 2. The quantitative estimate of drug-likeness (QED) is 0.826. The van der Waals surface area contributed by atoms with E-state index in [1.807, 2.05) is 0 Å². The molecular formula is C15H18F3NO4S. The number of benzene rings is 1. The molecule has 0 amide bonds. The molecule has 0 saturated carbocycles. The van der Waals surface area contributed by atoms with Crippen LogP contribution in [0.1, 0.15) is 24.8 Å². The molecule has 1 atom stereocenters. The predicted molar refractivity (Wildman–Crippen MR) is 78.7 cm³/mol. The Morgan fingerprint density at radius 1 is 1.04 bits per heavy atom. The fourth-order valence-electron chi connectivity index (χ4n) is 3.05. The second kappa shape index (κ2) is 6.62. The number of halogens is 3. The Balaban J connectivity index is 1.87. The summed E-state index contributed by atoms with van der Waals surface area (Å²) in [6, 6.07) is 3.12. The molecular weight excluding hydrogens is 347 g/mol. The second-order valence-electron chi connectivity index (χ2n) is 5.81. The highest BCUT2D eigenvalue weighted by Gasteiger charge is 2.40. The maximum Gasteiger partial charge on any atom is 0.416 e. The Bertz CT molecular complexity index is 669. The maximum absolute atomic E-state index is 12.8. The SMILES string of the molecule is O=S(=O)(c1ccc(C(F)(F)F)cc1)N1CCCC[C@H]1C1OCCO1. The molecule has 2 aliphatic heterocycles. The third-order valence-electron chi connectivity index (χ3n) is 4.25. The summed E-state index contributed by atoms with van der Waals surface area (Å²) in [5, 5.41) is 0. The molecule has 1 aromatic rings. The molecule has 134 valence electrons. The highest BCUT2D eigenvalue weighted by Crippen LogP contribution is 2.32. The molecule has 0 radical (unpaired) electrons. The molecule has 0 N–H and O–H groups in total. The first-order valence-electron chi connectivity index (χ1n) is 7.72. The van der Waals surface area contributed by atoms with E-state index in [0.29, 0.717) is 32.6 Å². The van der Waals surface area contributed by atoms with Crippen molar-refractivity contribution in [1.29, 1.82) is 0 Å². The lowest BCUT2D eigenvalue weighted by Gasteiger charge is -2.36. The van der Waals surface area contributed by atoms with Gasteiger partial charge in [0, 0.05) is 6.54 Å². The Kier molecular flexibility index (Phi) is 4.87. The van der Waals surface area contributed by atoms with Crippen LogP contribution in [-0.4, -0.2) is 44.8 Å². The number of sulfonamides is 1. The predicted octanol–water partition coefficient (Wildman–Crippen LogP) is 2.62. The van der Waals surface area contributed by atoms with E-state index in [1.54, 1.807) is 0 Å². The Morgan fingerprint density at radius 3 is 2.25 bits per heavy atom. The van der Waals surface area contributed by atoms with Gasteiger partial charge in [0.2, 0.25) is 10.0 Å². The van der Waals surface area contributed by atoms with Crippen molar-refractivity contribution in [3.8, 4) is 0 Å². The van der Waals surface area contributed by atoms with Crippen molar-refractivity contribution < 1.29 is 31.1 Å². The zero-order valence-electron chi connectivity index (χ0n) is 12.8. The topological polar surface area (TPSA) is 55.8 Å². The lowest BCUT2D eigenvalue weighted by atomic mass is 10.0. The molecule has 3 rings (SSSR count). The lowest BCUT2D eigenvalue weighted by molar-refractivity contribution is -0.137. The summed E-state index contributed by atoms with van der Waals surface area (Å²) in [6.07, 6.45) is -2.96. The van der Waals surface area contributed by atoms with Crippen LogP contribution in [0, 0.1) is 0 Å². The molecule has 0 spiro atoms. The fourth-order valence-corrected chi connectivity index (χ4v) is 4.73. The fraction of sp³-hybridized carbons (Fsp3) is 0.600. The van der Waals surface area contributed by atoms with Crippen molar-refractivity contribution in [1.82, 2.24) is 4.31 Å². The molecule has 0 aromatic heterocycles. The first-order chi connectivity index (χ1) is 11.3. The summed E-state index contributed by atoms with van der Waals surface area (Å²) < 4.78 is 75.8. The van der Waals surface area contributed by atoms with Crippen LogP contribution in [0.5, 0.6) is 0 Å². The van der Waals surface area contributed by atoms with E-state index in [-0.39, 0.29) is 4.90 Å². The summed E-state index contributed by atoms with van der Waals surface area (Å²) in [4.78, 5) is -0.152. The zero-order valence-corrected chi connectivity index (χ0v) is 13.6. The van der Waals surface area contributed by atoms with E-state index >= 15 is 0 Å². The number of rotatable bonds is 3. The Morgan fingerprint density at radius 2 is 1.67 bits per heavy atom. The van der Waals surface area contributed by atoms with Crippen LogP contribution in [0.4, 0.5) is 13.2 Å². The molecule has 2 heterocycles. The van der Waals surface area contributed by atoms with Crippen LogP contribution in [0.25, 0.3) is 0 Å². The van der Waals surface area contributed by atoms with Gasteiger partial charge in [-0.1, -0.05) is 6.42 Å². The first kappa shape index (κ1) is 17.7. The van der Waals surface area contributed by atoms with Crippen molar-refractivity contribution >= 4 is 10.0 Å². The van der Waals surface area contributed by atoms with E-state index in [2.05, 4.69) is 0 Å². The Hall–Kier alpha value is -1.16. The van der Waals surface area contributed by atoms with Gasteiger partial charge in [0.15, 0.2) is 6.29 Å². The van der Waals surface area contributed by atoms with Crippen LogP contribution >= 0.6 is 0 Å². The third kappa shape index (κ3) is 3.44. The van der Waals surface area contributed by atoms with Crippen molar-refractivity contribution in [3.63, 3.8) is 0 Å². The molecule has 5 nitrogen and oxygen atoms in total. The van der Waals surface area contributed by atoms with Gasteiger partial charge in [-0.15, -0.1) is 0 Å². The van der Waals surface area contributed by atoms with Crippen LogP contribution in [0.15, 0.2) is 29.2 Å². The molecule has 0 aliphatic carbocycles. The van der Waals surface area contributed by atoms with Crippen molar-refractivity contribution in [2.75, 3.05) is 19.8 Å².